The van der Waals surface area contributed by atoms with Crippen LogP contribution in [0.2, 0.25) is 0 Å². The predicted octanol–water partition coefficient (Wildman–Crippen LogP) is 2.88. The average Bonchev–Trinajstić information content (AvgIpc) is 2.44. The highest BCUT2D eigenvalue weighted by Crippen LogP contribution is 2.09. The van der Waals surface area contributed by atoms with Crippen LogP contribution in [-0.2, 0) is 16.1 Å². The number of benzene rings is 1. The minimum atomic E-state index is -0.891. The van der Waals surface area contributed by atoms with E-state index in [9.17, 15) is 9.59 Å². The molecule has 0 aliphatic rings. The second-order valence-electron chi connectivity index (χ2n) is 6.80. The summed E-state index contributed by atoms with van der Waals surface area (Å²) in [5.74, 6) is -0.891. The molecule has 1 aromatic rings. The van der Waals surface area contributed by atoms with E-state index in [0.717, 1.165) is 5.56 Å². The third-order valence-electron chi connectivity index (χ3n) is 3.30. The molecule has 24 heavy (non-hydrogen) atoms. The molecule has 0 aromatic heterocycles. The Morgan fingerprint density at radius 3 is 2.38 bits per heavy atom. The highest BCUT2D eigenvalue weighted by atomic mass is 16.6. The highest BCUT2D eigenvalue weighted by molar-refractivity contribution is 5.69. The van der Waals surface area contributed by atoms with Crippen molar-refractivity contribution in [3.05, 3.63) is 35.9 Å². The van der Waals surface area contributed by atoms with Crippen LogP contribution in [0.5, 0.6) is 0 Å². The zero-order valence-electron chi connectivity index (χ0n) is 14.9. The van der Waals surface area contributed by atoms with Crippen LogP contribution in [0.4, 0.5) is 4.79 Å². The van der Waals surface area contributed by atoms with Gasteiger partial charge in [0.2, 0.25) is 0 Å². The summed E-state index contributed by atoms with van der Waals surface area (Å²) in [6, 6.07) is 9.50. The van der Waals surface area contributed by atoms with Gasteiger partial charge in [-0.05, 0) is 32.8 Å². The number of nitrogens with zero attached hydrogens (tertiary/aromatic N) is 1. The van der Waals surface area contributed by atoms with Gasteiger partial charge in [0.25, 0.3) is 0 Å². The van der Waals surface area contributed by atoms with Gasteiger partial charge >= 0.3 is 12.1 Å². The second-order valence-corrected chi connectivity index (χ2v) is 6.80. The minimum Gasteiger partial charge on any atom is -0.480 e. The molecular weight excluding hydrogens is 308 g/mol. The predicted molar refractivity (Wildman–Crippen MR) is 92.8 cm³/mol. The van der Waals surface area contributed by atoms with E-state index in [1.807, 2.05) is 42.2 Å². The van der Waals surface area contributed by atoms with Crippen molar-refractivity contribution in [1.82, 2.24) is 10.2 Å². The maximum Gasteiger partial charge on any atom is 0.407 e. The van der Waals surface area contributed by atoms with E-state index in [0.29, 0.717) is 19.5 Å². The van der Waals surface area contributed by atoms with Gasteiger partial charge in [0, 0.05) is 19.1 Å². The van der Waals surface area contributed by atoms with Crippen LogP contribution >= 0.6 is 0 Å². The first kappa shape index (κ1) is 20.0. The van der Waals surface area contributed by atoms with E-state index in [2.05, 4.69) is 5.32 Å². The molecule has 0 saturated carbocycles. The van der Waals surface area contributed by atoms with Crippen LogP contribution in [0.1, 0.15) is 39.7 Å². The van der Waals surface area contributed by atoms with E-state index < -0.39 is 17.7 Å². The molecule has 6 nitrogen and oxygen atoms in total. The molecule has 0 aliphatic carbocycles. The van der Waals surface area contributed by atoms with Crippen molar-refractivity contribution in [2.24, 2.45) is 0 Å². The Hall–Kier alpha value is -2.08. The number of rotatable bonds is 8. The standard InChI is InChI=1S/C18H28N2O4/c1-5-15(19-17(23)24-18(2,3)4)12-20(13-16(21)22)11-14-9-7-6-8-10-14/h6-10,15H,5,11-13H2,1-4H3,(H,19,23)(H,21,22). The largest absolute Gasteiger partial charge is 0.480 e. The maximum atomic E-state index is 11.9. The molecule has 134 valence electrons. The summed E-state index contributed by atoms with van der Waals surface area (Å²) in [6.07, 6.45) is 0.203. The molecule has 0 fully saturated rings. The van der Waals surface area contributed by atoms with Crippen molar-refractivity contribution >= 4 is 12.1 Å². The van der Waals surface area contributed by atoms with E-state index >= 15 is 0 Å². The van der Waals surface area contributed by atoms with E-state index in [1.165, 1.54) is 0 Å². The summed E-state index contributed by atoms with van der Waals surface area (Å²) in [4.78, 5) is 24.9. The molecule has 0 saturated heterocycles. The van der Waals surface area contributed by atoms with Gasteiger partial charge in [-0.3, -0.25) is 9.69 Å². The van der Waals surface area contributed by atoms with Gasteiger partial charge in [-0.15, -0.1) is 0 Å². The van der Waals surface area contributed by atoms with Gasteiger partial charge in [-0.25, -0.2) is 4.79 Å². The summed E-state index contributed by atoms with van der Waals surface area (Å²) in [5, 5.41) is 11.9. The fourth-order valence-corrected chi connectivity index (χ4v) is 2.28. The zero-order valence-corrected chi connectivity index (χ0v) is 14.9. The summed E-state index contributed by atoms with van der Waals surface area (Å²) >= 11 is 0. The lowest BCUT2D eigenvalue weighted by atomic mass is 10.1. The number of nitrogens with one attached hydrogen (secondary N) is 1. The van der Waals surface area contributed by atoms with Crippen LogP contribution in [-0.4, -0.2) is 46.8 Å². The fraction of sp³-hybridized carbons (Fsp3) is 0.556. The zero-order chi connectivity index (χ0) is 18.2. The van der Waals surface area contributed by atoms with Crippen LogP contribution in [0.25, 0.3) is 0 Å². The molecule has 0 spiro atoms. The normalized spacial score (nSPS) is 12.7. The summed E-state index contributed by atoms with van der Waals surface area (Å²) in [6.45, 7) is 8.24. The molecule has 2 N–H and O–H groups in total. The lowest BCUT2D eigenvalue weighted by molar-refractivity contribution is -0.138. The van der Waals surface area contributed by atoms with Gasteiger partial charge in [-0.1, -0.05) is 37.3 Å². The number of aliphatic carboxylic acids is 1. The lowest BCUT2D eigenvalue weighted by Crippen LogP contribution is -2.46. The number of carboxylic acid groups (broad SMARTS) is 1. The first-order valence-corrected chi connectivity index (χ1v) is 8.17. The number of alkyl carbamates (subject to hydrolysis) is 1. The third kappa shape index (κ3) is 8.53. The SMILES string of the molecule is CCC(CN(CC(=O)O)Cc1ccccc1)NC(=O)OC(C)(C)C. The minimum absolute atomic E-state index is 0.0820. The number of hydrogen-bond acceptors (Lipinski definition) is 4. The van der Waals surface area contributed by atoms with Crippen molar-refractivity contribution < 1.29 is 19.4 Å². The Morgan fingerprint density at radius 2 is 1.88 bits per heavy atom. The first-order chi connectivity index (χ1) is 11.2. The molecule has 1 amide bonds. The van der Waals surface area contributed by atoms with E-state index in [-0.39, 0.29) is 12.6 Å². The molecule has 0 heterocycles. The Kier molecular flexibility index (Phi) is 7.71. The van der Waals surface area contributed by atoms with Crippen molar-refractivity contribution in [3.8, 4) is 0 Å². The Labute approximate surface area is 143 Å². The van der Waals surface area contributed by atoms with Crippen molar-refractivity contribution in [3.63, 3.8) is 0 Å². The summed E-state index contributed by atoms with van der Waals surface area (Å²) in [5.41, 5.74) is 0.471. The number of ether oxygens (including phenoxy) is 1. The van der Waals surface area contributed by atoms with Crippen LogP contribution < -0.4 is 5.32 Å². The highest BCUT2D eigenvalue weighted by Gasteiger charge is 2.21. The first-order valence-electron chi connectivity index (χ1n) is 8.17. The van der Waals surface area contributed by atoms with Crippen molar-refractivity contribution in [1.29, 1.82) is 0 Å². The Morgan fingerprint density at radius 1 is 1.25 bits per heavy atom. The van der Waals surface area contributed by atoms with Gasteiger partial charge < -0.3 is 15.2 Å². The number of carbonyl (C=O) groups excluding carboxylic acids is 1. The van der Waals surface area contributed by atoms with E-state index in [1.54, 1.807) is 20.8 Å². The van der Waals surface area contributed by atoms with Gasteiger partial charge in [0.15, 0.2) is 0 Å². The average molecular weight is 336 g/mol. The topological polar surface area (TPSA) is 78.9 Å². The maximum absolute atomic E-state index is 11.9. The number of hydrogen-bond donors (Lipinski definition) is 2. The van der Waals surface area contributed by atoms with E-state index in [4.69, 9.17) is 9.84 Å². The lowest BCUT2D eigenvalue weighted by Gasteiger charge is -2.27. The second kappa shape index (κ2) is 9.27. The quantitative estimate of drug-likeness (QED) is 0.763. The van der Waals surface area contributed by atoms with Crippen LogP contribution in [0, 0.1) is 0 Å². The number of amides is 1. The molecule has 1 aromatic carbocycles. The summed E-state index contributed by atoms with van der Waals surface area (Å²) < 4.78 is 5.27. The fourth-order valence-electron chi connectivity index (χ4n) is 2.28. The molecule has 1 atom stereocenters. The molecule has 6 heteroatoms. The Bertz CT molecular complexity index is 526. The van der Waals surface area contributed by atoms with Gasteiger partial charge in [-0.2, -0.15) is 0 Å². The van der Waals surface area contributed by atoms with Gasteiger partial charge in [0.1, 0.15) is 5.60 Å². The monoisotopic (exact) mass is 336 g/mol. The molecule has 0 bridgehead atoms. The third-order valence-corrected chi connectivity index (χ3v) is 3.30. The smallest absolute Gasteiger partial charge is 0.407 e. The molecule has 0 aliphatic heterocycles. The van der Waals surface area contributed by atoms with Gasteiger partial charge in [0.05, 0.1) is 6.54 Å². The molecule has 0 radical (unpaired) electrons. The van der Waals surface area contributed by atoms with Crippen molar-refractivity contribution in [2.45, 2.75) is 52.3 Å². The Balaban J connectivity index is 2.68. The van der Waals surface area contributed by atoms with Crippen LogP contribution in [0.15, 0.2) is 30.3 Å². The number of carbonyl (C=O) groups is 2. The number of carboxylic acids is 1. The molecule has 1 rings (SSSR count). The molecule has 1 unspecified atom stereocenters. The summed E-state index contributed by atoms with van der Waals surface area (Å²) in [7, 11) is 0. The molecular formula is C18H28N2O4. The van der Waals surface area contributed by atoms with Crippen LogP contribution in [0.3, 0.4) is 0 Å². The van der Waals surface area contributed by atoms with Crippen molar-refractivity contribution in [2.75, 3.05) is 13.1 Å².